The Bertz CT molecular complexity index is 510. The summed E-state index contributed by atoms with van der Waals surface area (Å²) >= 11 is 0. The maximum absolute atomic E-state index is 6.52. The van der Waals surface area contributed by atoms with Gasteiger partial charge >= 0.3 is 0 Å². The first kappa shape index (κ1) is 13.9. The van der Waals surface area contributed by atoms with Crippen molar-refractivity contribution in [2.75, 3.05) is 0 Å². The van der Waals surface area contributed by atoms with E-state index < -0.39 is 0 Å². The molecule has 1 aromatic rings. The van der Waals surface area contributed by atoms with E-state index in [1.54, 1.807) is 0 Å². The van der Waals surface area contributed by atoms with Crippen LogP contribution in [0.4, 0.5) is 0 Å². The predicted octanol–water partition coefficient (Wildman–Crippen LogP) is 4.36. The molecule has 2 saturated heterocycles. The Morgan fingerprint density at radius 2 is 1.95 bits per heavy atom. The molecule has 0 radical (unpaired) electrons. The lowest BCUT2D eigenvalue weighted by Gasteiger charge is -2.38. The molecule has 2 fully saturated rings. The summed E-state index contributed by atoms with van der Waals surface area (Å²) in [7, 11) is 0. The SMILES string of the molecule is Cc1ccccc1O[C@@H]1C(C)[C@@]2(C(C)C)CC[C@]1(C)O2. The normalized spacial score (nSPS) is 39.5. The largest absolute Gasteiger partial charge is 0.487 e. The van der Waals surface area contributed by atoms with Gasteiger partial charge in [0.05, 0.1) is 5.60 Å². The highest BCUT2D eigenvalue weighted by Gasteiger charge is 2.65. The fourth-order valence-corrected chi connectivity index (χ4v) is 4.27. The van der Waals surface area contributed by atoms with Crippen LogP contribution in [-0.4, -0.2) is 17.3 Å². The van der Waals surface area contributed by atoms with E-state index in [1.807, 2.05) is 6.07 Å². The molecule has 0 aliphatic carbocycles. The van der Waals surface area contributed by atoms with Crippen molar-refractivity contribution in [3.8, 4) is 5.75 Å². The minimum Gasteiger partial charge on any atom is -0.487 e. The highest BCUT2D eigenvalue weighted by Crippen LogP contribution is 2.58. The van der Waals surface area contributed by atoms with Crippen LogP contribution in [0, 0.1) is 18.8 Å². The number of para-hydroxylation sites is 1. The molecule has 2 heterocycles. The van der Waals surface area contributed by atoms with Crippen molar-refractivity contribution in [2.45, 2.75) is 64.8 Å². The lowest BCUT2D eigenvalue weighted by molar-refractivity contribution is -0.0820. The zero-order valence-corrected chi connectivity index (χ0v) is 13.3. The first-order chi connectivity index (χ1) is 9.39. The quantitative estimate of drug-likeness (QED) is 0.815. The number of hydrogen-bond donors (Lipinski definition) is 0. The van der Waals surface area contributed by atoms with Crippen molar-refractivity contribution in [1.82, 2.24) is 0 Å². The van der Waals surface area contributed by atoms with Crippen molar-refractivity contribution in [2.24, 2.45) is 11.8 Å². The van der Waals surface area contributed by atoms with E-state index in [1.165, 1.54) is 5.56 Å². The van der Waals surface area contributed by atoms with Crippen LogP contribution in [0.2, 0.25) is 0 Å². The highest BCUT2D eigenvalue weighted by molar-refractivity contribution is 5.33. The number of fused-ring (bicyclic) bond motifs is 2. The maximum atomic E-state index is 6.52. The molecule has 4 atom stereocenters. The van der Waals surface area contributed by atoms with Gasteiger partial charge in [0.1, 0.15) is 17.5 Å². The van der Waals surface area contributed by atoms with Gasteiger partial charge in [-0.2, -0.15) is 0 Å². The molecule has 2 aliphatic heterocycles. The summed E-state index contributed by atoms with van der Waals surface area (Å²) in [5.74, 6) is 1.96. The van der Waals surface area contributed by atoms with Gasteiger partial charge < -0.3 is 9.47 Å². The van der Waals surface area contributed by atoms with Crippen LogP contribution >= 0.6 is 0 Å². The van der Waals surface area contributed by atoms with E-state index in [9.17, 15) is 0 Å². The molecule has 2 aliphatic rings. The van der Waals surface area contributed by atoms with Crippen molar-refractivity contribution in [3.63, 3.8) is 0 Å². The van der Waals surface area contributed by atoms with Crippen LogP contribution in [0.3, 0.4) is 0 Å². The molecule has 110 valence electrons. The van der Waals surface area contributed by atoms with Gasteiger partial charge in [-0.3, -0.25) is 0 Å². The molecule has 20 heavy (non-hydrogen) atoms. The summed E-state index contributed by atoms with van der Waals surface area (Å²) in [6.45, 7) is 11.2. The Balaban J connectivity index is 1.90. The number of hydrogen-bond acceptors (Lipinski definition) is 2. The van der Waals surface area contributed by atoms with Crippen LogP contribution in [0.5, 0.6) is 5.75 Å². The van der Waals surface area contributed by atoms with Crippen LogP contribution < -0.4 is 4.74 Å². The first-order valence-electron chi connectivity index (χ1n) is 7.81. The third kappa shape index (κ3) is 1.81. The molecular weight excluding hydrogens is 248 g/mol. The molecule has 1 unspecified atom stereocenters. The number of benzene rings is 1. The molecule has 0 amide bonds. The van der Waals surface area contributed by atoms with E-state index in [0.717, 1.165) is 18.6 Å². The van der Waals surface area contributed by atoms with Gasteiger partial charge in [-0.1, -0.05) is 39.0 Å². The van der Waals surface area contributed by atoms with E-state index in [-0.39, 0.29) is 17.3 Å². The molecule has 2 bridgehead atoms. The fourth-order valence-electron chi connectivity index (χ4n) is 4.27. The van der Waals surface area contributed by atoms with Gasteiger partial charge in [0, 0.05) is 5.92 Å². The van der Waals surface area contributed by atoms with Crippen LogP contribution in [0.1, 0.15) is 46.1 Å². The van der Waals surface area contributed by atoms with Crippen LogP contribution in [0.15, 0.2) is 24.3 Å². The predicted molar refractivity (Wildman–Crippen MR) is 81.1 cm³/mol. The van der Waals surface area contributed by atoms with Crippen molar-refractivity contribution in [3.05, 3.63) is 29.8 Å². The zero-order valence-electron chi connectivity index (χ0n) is 13.3. The van der Waals surface area contributed by atoms with Crippen molar-refractivity contribution < 1.29 is 9.47 Å². The van der Waals surface area contributed by atoms with Gasteiger partial charge in [0.15, 0.2) is 0 Å². The monoisotopic (exact) mass is 274 g/mol. The Morgan fingerprint density at radius 3 is 2.55 bits per heavy atom. The lowest BCUT2D eigenvalue weighted by atomic mass is 9.69. The summed E-state index contributed by atoms with van der Waals surface area (Å²) in [4.78, 5) is 0. The topological polar surface area (TPSA) is 18.5 Å². The van der Waals surface area contributed by atoms with E-state index >= 15 is 0 Å². The number of rotatable bonds is 3. The smallest absolute Gasteiger partial charge is 0.133 e. The second-order valence-corrected chi connectivity index (χ2v) is 7.12. The summed E-state index contributed by atoms with van der Waals surface area (Å²) in [5, 5.41) is 0. The summed E-state index contributed by atoms with van der Waals surface area (Å²) in [6.07, 6.45) is 2.42. The molecule has 0 N–H and O–H groups in total. The number of ether oxygens (including phenoxy) is 2. The van der Waals surface area contributed by atoms with Gasteiger partial charge in [-0.25, -0.2) is 0 Å². The van der Waals surface area contributed by atoms with Gasteiger partial charge in [-0.05, 0) is 44.2 Å². The Hall–Kier alpha value is -1.02. The summed E-state index contributed by atoms with van der Waals surface area (Å²) < 4.78 is 12.9. The highest BCUT2D eigenvalue weighted by atomic mass is 16.6. The third-order valence-corrected chi connectivity index (χ3v) is 5.59. The molecule has 0 spiro atoms. The Kier molecular flexibility index (Phi) is 3.13. The molecule has 2 nitrogen and oxygen atoms in total. The first-order valence-corrected chi connectivity index (χ1v) is 7.81. The van der Waals surface area contributed by atoms with Gasteiger partial charge in [0.2, 0.25) is 0 Å². The second-order valence-electron chi connectivity index (χ2n) is 7.12. The minimum absolute atomic E-state index is 0.00209. The van der Waals surface area contributed by atoms with Gasteiger partial charge in [0.25, 0.3) is 0 Å². The summed E-state index contributed by atoms with van der Waals surface area (Å²) in [6, 6.07) is 8.27. The average Bonchev–Trinajstić information content (AvgIpc) is 2.86. The minimum atomic E-state index is -0.133. The zero-order chi connectivity index (χ0) is 14.5. The average molecular weight is 274 g/mol. The lowest BCUT2D eigenvalue weighted by Crippen LogP contribution is -2.47. The fraction of sp³-hybridized carbons (Fsp3) is 0.667. The second kappa shape index (κ2) is 4.49. The number of aryl methyl sites for hydroxylation is 1. The van der Waals surface area contributed by atoms with Crippen LogP contribution in [-0.2, 0) is 4.74 Å². The molecule has 1 aromatic carbocycles. The Labute approximate surface area is 122 Å². The molecule has 0 saturated carbocycles. The maximum Gasteiger partial charge on any atom is 0.133 e. The van der Waals surface area contributed by atoms with E-state index in [0.29, 0.717) is 11.8 Å². The summed E-state index contributed by atoms with van der Waals surface area (Å²) in [5.41, 5.74) is 1.07. The van der Waals surface area contributed by atoms with E-state index in [2.05, 4.69) is 52.8 Å². The Morgan fingerprint density at radius 1 is 1.25 bits per heavy atom. The van der Waals surface area contributed by atoms with Gasteiger partial charge in [-0.15, -0.1) is 0 Å². The van der Waals surface area contributed by atoms with E-state index in [4.69, 9.17) is 9.47 Å². The van der Waals surface area contributed by atoms with Crippen molar-refractivity contribution >= 4 is 0 Å². The standard InChI is InChI=1S/C18H26O2/c1-12(2)18-11-10-17(5,20-18)16(14(18)4)19-15-9-7-6-8-13(15)3/h6-9,12,14,16H,10-11H2,1-5H3/t14?,16-,17+,18+/m1/s1. The molecule has 2 heteroatoms. The third-order valence-electron chi connectivity index (χ3n) is 5.59. The van der Waals surface area contributed by atoms with Crippen LogP contribution in [0.25, 0.3) is 0 Å². The molecule has 0 aromatic heterocycles. The molecule has 3 rings (SSSR count). The molecular formula is C18H26O2. The van der Waals surface area contributed by atoms with Crippen molar-refractivity contribution in [1.29, 1.82) is 0 Å².